The van der Waals surface area contributed by atoms with Crippen LogP contribution in [0.4, 0.5) is 0 Å². The Bertz CT molecular complexity index is 1260. The summed E-state index contributed by atoms with van der Waals surface area (Å²) in [6.45, 7) is 4.99. The van der Waals surface area contributed by atoms with Gasteiger partial charge in [0.25, 0.3) is 0 Å². The summed E-state index contributed by atoms with van der Waals surface area (Å²) >= 11 is 1.65. The highest BCUT2D eigenvalue weighted by Crippen LogP contribution is 2.27. The molecule has 1 aromatic carbocycles. The second-order valence-corrected chi connectivity index (χ2v) is 8.39. The molecule has 0 bridgehead atoms. The van der Waals surface area contributed by atoms with E-state index in [0.717, 1.165) is 49.4 Å². The van der Waals surface area contributed by atoms with E-state index in [1.54, 1.807) is 17.4 Å². The van der Waals surface area contributed by atoms with Gasteiger partial charge in [0, 0.05) is 48.6 Å². The third-order valence-corrected chi connectivity index (χ3v) is 6.28. The first-order valence-electron chi connectivity index (χ1n) is 10.3. The average Bonchev–Trinajstić information content (AvgIpc) is 3.12. The molecule has 1 N–H and O–H groups in total. The molecule has 160 valence electrons. The van der Waals surface area contributed by atoms with Crippen LogP contribution in [0, 0.1) is 0 Å². The molecule has 1 fully saturated rings. The van der Waals surface area contributed by atoms with Crippen LogP contribution in [-0.2, 0) is 4.74 Å². The number of benzene rings is 1. The van der Waals surface area contributed by atoms with Crippen LogP contribution in [0.5, 0.6) is 5.75 Å². The van der Waals surface area contributed by atoms with Gasteiger partial charge in [0.2, 0.25) is 0 Å². The molecule has 31 heavy (non-hydrogen) atoms. The predicted octanol–water partition coefficient (Wildman–Crippen LogP) is 4.10. The molecular weight excluding hydrogens is 414 g/mol. The minimum atomic E-state index is 0.416. The van der Waals surface area contributed by atoms with Crippen molar-refractivity contribution >= 4 is 32.4 Å². The first-order chi connectivity index (χ1) is 15.3. The lowest BCUT2D eigenvalue weighted by Gasteiger charge is -2.19. The Morgan fingerprint density at radius 3 is 3.06 bits per heavy atom. The molecule has 0 spiro atoms. The van der Waals surface area contributed by atoms with Crippen LogP contribution < -0.4 is 10.1 Å². The fraction of sp³-hybridized carbons (Fsp3) is 0.304. The van der Waals surface area contributed by atoms with E-state index >= 15 is 0 Å². The highest BCUT2D eigenvalue weighted by Gasteiger charge is 2.11. The van der Waals surface area contributed by atoms with Gasteiger partial charge in [0.05, 0.1) is 12.0 Å². The second kappa shape index (κ2) is 9.05. The Hall–Kier alpha value is -2.94. The van der Waals surface area contributed by atoms with Crippen LogP contribution in [0.15, 0.2) is 57.5 Å². The van der Waals surface area contributed by atoms with Gasteiger partial charge in [-0.3, -0.25) is 9.88 Å². The quantitative estimate of drug-likeness (QED) is 0.374. The summed E-state index contributed by atoms with van der Waals surface area (Å²) in [5.74, 6) is 1.26. The zero-order valence-corrected chi connectivity index (χ0v) is 17.8. The van der Waals surface area contributed by atoms with Gasteiger partial charge >= 0.3 is 0 Å². The Morgan fingerprint density at radius 1 is 1.16 bits per heavy atom. The summed E-state index contributed by atoms with van der Waals surface area (Å²) < 4.78 is 18.6. The van der Waals surface area contributed by atoms with Crippen molar-refractivity contribution in [1.29, 1.82) is 0 Å². The molecule has 0 aliphatic carbocycles. The van der Waals surface area contributed by atoms with Crippen LogP contribution in [0.1, 0.15) is 6.42 Å². The molecule has 1 aliphatic heterocycles. The topological polar surface area (TPSA) is 80.3 Å². The summed E-state index contributed by atoms with van der Waals surface area (Å²) in [6, 6.07) is 11.3. The van der Waals surface area contributed by atoms with E-state index in [-0.39, 0.29) is 0 Å². The number of pyridine rings is 1. The van der Waals surface area contributed by atoms with E-state index in [1.807, 2.05) is 41.9 Å². The van der Waals surface area contributed by atoms with Crippen molar-refractivity contribution in [1.82, 2.24) is 9.88 Å². The third kappa shape index (κ3) is 4.41. The number of hydrogen-bond donors (Lipinski definition) is 1. The third-order valence-electron chi connectivity index (χ3n) is 5.40. The van der Waals surface area contributed by atoms with Gasteiger partial charge in [-0.05, 0) is 42.1 Å². The molecule has 0 unspecified atom stereocenters. The number of thiophene rings is 1. The molecular formula is C23H23N3O4S. The smallest absolute Gasteiger partial charge is 0.155 e. The van der Waals surface area contributed by atoms with E-state index in [9.17, 15) is 5.21 Å². The summed E-state index contributed by atoms with van der Waals surface area (Å²) in [5, 5.41) is 17.3. The zero-order valence-electron chi connectivity index (χ0n) is 17.0. The molecule has 4 heterocycles. The van der Waals surface area contributed by atoms with Crippen molar-refractivity contribution in [3.05, 3.63) is 53.3 Å². The number of aromatic nitrogens is 1. The SMILES string of the molecule is ON=c1cc(-c2cc3sccc3cn2)oc2ccc(OCCN3CCCOCC3)cc12. The fourth-order valence-corrected chi connectivity index (χ4v) is 4.55. The van der Waals surface area contributed by atoms with Crippen molar-refractivity contribution in [3.8, 4) is 17.2 Å². The zero-order chi connectivity index (χ0) is 21.0. The monoisotopic (exact) mass is 437 g/mol. The molecule has 0 radical (unpaired) electrons. The molecule has 7 nitrogen and oxygen atoms in total. The maximum Gasteiger partial charge on any atom is 0.155 e. The maximum atomic E-state index is 9.62. The van der Waals surface area contributed by atoms with Crippen molar-refractivity contribution in [3.63, 3.8) is 0 Å². The van der Waals surface area contributed by atoms with Crippen molar-refractivity contribution in [2.75, 3.05) is 39.5 Å². The van der Waals surface area contributed by atoms with E-state index in [2.05, 4.69) is 15.0 Å². The normalized spacial score (nSPS) is 16.1. The standard InChI is InChI=1S/C23H23N3O4S/c27-25-19-13-22(20-14-23-16(15-24-20)4-11-31-23)30-21-3-2-17(12-18(19)21)29-10-7-26-5-1-8-28-9-6-26/h2-4,11-15,27H,1,5-10H2. The van der Waals surface area contributed by atoms with E-state index in [1.165, 1.54) is 0 Å². The van der Waals surface area contributed by atoms with Crippen LogP contribution in [-0.4, -0.2) is 54.5 Å². The van der Waals surface area contributed by atoms with Crippen LogP contribution >= 0.6 is 11.3 Å². The molecule has 5 rings (SSSR count). The predicted molar refractivity (Wildman–Crippen MR) is 120 cm³/mol. The van der Waals surface area contributed by atoms with Crippen molar-refractivity contribution in [2.45, 2.75) is 6.42 Å². The molecule has 4 aromatic rings. The Morgan fingerprint density at radius 2 is 2.13 bits per heavy atom. The average molecular weight is 438 g/mol. The molecule has 1 saturated heterocycles. The fourth-order valence-electron chi connectivity index (χ4n) is 3.75. The number of hydrogen-bond acceptors (Lipinski definition) is 8. The van der Waals surface area contributed by atoms with Crippen molar-refractivity contribution < 1.29 is 19.1 Å². The summed E-state index contributed by atoms with van der Waals surface area (Å²) in [4.78, 5) is 6.84. The Kier molecular flexibility index (Phi) is 5.84. The van der Waals surface area contributed by atoms with Gasteiger partial charge in [0.15, 0.2) is 5.76 Å². The number of ether oxygens (including phenoxy) is 2. The lowest BCUT2D eigenvalue weighted by molar-refractivity contribution is 0.137. The van der Waals surface area contributed by atoms with Crippen LogP contribution in [0.3, 0.4) is 0 Å². The van der Waals surface area contributed by atoms with Crippen LogP contribution in [0.2, 0.25) is 0 Å². The molecule has 0 saturated carbocycles. The van der Waals surface area contributed by atoms with E-state index < -0.39 is 0 Å². The molecule has 0 atom stereocenters. The number of nitrogens with zero attached hydrogens (tertiary/aromatic N) is 3. The van der Waals surface area contributed by atoms with Gasteiger partial charge in [-0.25, -0.2) is 0 Å². The number of rotatable bonds is 5. The molecule has 8 heteroatoms. The molecule has 3 aromatic heterocycles. The van der Waals surface area contributed by atoms with Gasteiger partial charge in [-0.15, -0.1) is 11.3 Å². The summed E-state index contributed by atoms with van der Waals surface area (Å²) in [6.07, 6.45) is 2.87. The van der Waals surface area contributed by atoms with E-state index in [4.69, 9.17) is 13.9 Å². The first kappa shape index (κ1) is 20.0. The summed E-state index contributed by atoms with van der Waals surface area (Å²) in [5.41, 5.74) is 1.30. The lowest BCUT2D eigenvalue weighted by Crippen LogP contribution is -2.30. The largest absolute Gasteiger partial charge is 0.492 e. The molecule has 0 amide bonds. The Labute approximate surface area is 183 Å². The van der Waals surface area contributed by atoms with Crippen LogP contribution in [0.25, 0.3) is 32.5 Å². The van der Waals surface area contributed by atoms with Gasteiger partial charge in [0.1, 0.15) is 29.0 Å². The minimum Gasteiger partial charge on any atom is -0.492 e. The lowest BCUT2D eigenvalue weighted by atomic mass is 10.1. The highest BCUT2D eigenvalue weighted by atomic mass is 32.1. The number of fused-ring (bicyclic) bond motifs is 2. The van der Waals surface area contributed by atoms with Gasteiger partial charge < -0.3 is 19.1 Å². The first-order valence-corrected chi connectivity index (χ1v) is 11.2. The highest BCUT2D eigenvalue weighted by molar-refractivity contribution is 7.17. The maximum absolute atomic E-state index is 9.62. The summed E-state index contributed by atoms with van der Waals surface area (Å²) in [7, 11) is 0. The minimum absolute atomic E-state index is 0.416. The van der Waals surface area contributed by atoms with Crippen molar-refractivity contribution in [2.24, 2.45) is 5.16 Å². The van der Waals surface area contributed by atoms with Gasteiger partial charge in [-0.1, -0.05) is 5.16 Å². The molecule has 1 aliphatic rings. The van der Waals surface area contributed by atoms with E-state index in [0.29, 0.717) is 40.1 Å². The Balaban J connectivity index is 1.38. The van der Waals surface area contributed by atoms with Gasteiger partial charge in [-0.2, -0.15) is 0 Å². The second-order valence-electron chi connectivity index (χ2n) is 7.44.